The topological polar surface area (TPSA) is 243 Å². The highest BCUT2D eigenvalue weighted by Crippen LogP contribution is 2.40. The molecule has 0 unspecified atom stereocenters. The number of ether oxygens (including phenoxy) is 4. The number of aromatic nitrogens is 3. The number of carbonyl (C=O) groups is 5. The highest BCUT2D eigenvalue weighted by molar-refractivity contribution is 7.90. The first kappa shape index (κ1) is 56.3. The van der Waals surface area contributed by atoms with E-state index in [-0.39, 0.29) is 61.2 Å². The van der Waals surface area contributed by atoms with Crippen LogP contribution in [0.4, 0.5) is 34.0 Å². The molecular formula is C44H45Cl3F4N6O12S. The number of hydrogen-bond acceptors (Lipinski definition) is 14. The predicted molar refractivity (Wildman–Crippen MR) is 247 cm³/mol. The van der Waals surface area contributed by atoms with Gasteiger partial charge in [-0.1, -0.05) is 72.8 Å². The highest BCUT2D eigenvalue weighted by Gasteiger charge is 2.41. The van der Waals surface area contributed by atoms with Crippen LogP contribution in [0.25, 0.3) is 0 Å². The lowest BCUT2D eigenvalue weighted by atomic mass is 9.93. The molecule has 70 heavy (non-hydrogen) atoms. The third kappa shape index (κ3) is 15.6. The molecule has 378 valence electrons. The summed E-state index contributed by atoms with van der Waals surface area (Å²) in [7, 11) is -1.81. The molecule has 4 aromatic rings. The van der Waals surface area contributed by atoms with Gasteiger partial charge in [0.05, 0.1) is 46.5 Å². The molecule has 3 aromatic carbocycles. The largest absolute Gasteiger partial charge is 0.494 e. The fourth-order valence-corrected chi connectivity index (χ4v) is 8.41. The van der Waals surface area contributed by atoms with Crippen molar-refractivity contribution in [2.45, 2.75) is 82.7 Å². The molecule has 0 spiro atoms. The van der Waals surface area contributed by atoms with Gasteiger partial charge in [-0.2, -0.15) is 28.1 Å². The molecule has 3 N–H and O–H groups in total. The smallest absolute Gasteiger partial charge is 0.389 e. The summed E-state index contributed by atoms with van der Waals surface area (Å²) in [6, 6.07) is 8.85. The van der Waals surface area contributed by atoms with Crippen LogP contribution in [0.3, 0.4) is 0 Å². The number of aryl methyl sites for hydroxylation is 2. The molecule has 0 bridgehead atoms. The number of amides is 4. The average Bonchev–Trinajstić information content (AvgIpc) is 3.55. The predicted octanol–water partition coefficient (Wildman–Crippen LogP) is 9.23. The maximum Gasteiger partial charge on any atom is 0.389 e. The number of anilines is 2. The number of methoxy groups -OCH3 is 2. The summed E-state index contributed by atoms with van der Waals surface area (Å²) in [6.07, 6.45) is -0.796. The lowest BCUT2D eigenvalue weighted by molar-refractivity contribution is -0.146. The standard InChI is InChI=1S/C21H23ClFNO5.C15H16F3N5O4S.C8H6Cl2O3/c1-2-3-6-9-28-19(25)12-29-18-11-17(16(23)10-15(18)22)24-20(26)13-7-4-5-8-14(13)21(24)27;1-9-19-12(22-14(20-9)27-2)21-13(24)23-28(25,26)11-6-4-3-5-10(11)7-8-15(16,17)18;1-13-7-5(10)3-2-4(9)6(7)8(11)12/h10-11H,2-9,12H2,1H3;3-6H,7-8H2,1-2H3,(H2,19,20,21,22,23,24);2-3H,1H3,(H,11,12). The third-order valence-electron chi connectivity index (χ3n) is 9.77. The minimum absolute atomic E-state index is 0.000883. The molecule has 2 aliphatic rings. The van der Waals surface area contributed by atoms with Crippen molar-refractivity contribution in [3.8, 4) is 17.5 Å². The summed E-state index contributed by atoms with van der Waals surface area (Å²) in [5.41, 5.74) is 0.488. The number of urea groups is 1. The Balaban J connectivity index is 0.000000244. The number of benzene rings is 3. The van der Waals surface area contributed by atoms with Gasteiger partial charge in [-0.3, -0.25) is 14.9 Å². The van der Waals surface area contributed by atoms with Crippen molar-refractivity contribution in [2.24, 2.45) is 0 Å². The zero-order valence-electron chi connectivity index (χ0n) is 37.7. The van der Waals surface area contributed by atoms with Crippen LogP contribution in [0.1, 0.15) is 80.0 Å². The number of rotatable bonds is 16. The van der Waals surface area contributed by atoms with Gasteiger partial charge in [0.1, 0.15) is 23.0 Å². The summed E-state index contributed by atoms with van der Waals surface area (Å²) in [5, 5.41) is 11.2. The van der Waals surface area contributed by atoms with Crippen molar-refractivity contribution in [1.82, 2.24) is 19.7 Å². The van der Waals surface area contributed by atoms with E-state index in [4.69, 9.17) is 58.9 Å². The molecule has 0 saturated carbocycles. The van der Waals surface area contributed by atoms with Gasteiger partial charge in [-0.15, -0.1) is 0 Å². The van der Waals surface area contributed by atoms with Gasteiger partial charge in [-0.25, -0.2) is 36.8 Å². The van der Waals surface area contributed by atoms with E-state index < -0.39 is 76.1 Å². The van der Waals surface area contributed by atoms with E-state index in [2.05, 4.69) is 20.3 Å². The van der Waals surface area contributed by atoms with E-state index in [0.717, 1.165) is 49.1 Å². The molecule has 0 atom stereocenters. The van der Waals surface area contributed by atoms with Crippen LogP contribution in [0.15, 0.2) is 64.6 Å². The molecule has 0 radical (unpaired) electrons. The van der Waals surface area contributed by atoms with E-state index in [1.807, 2.05) is 6.92 Å². The van der Waals surface area contributed by atoms with Crippen LogP contribution in [0.5, 0.6) is 17.5 Å². The second kappa shape index (κ2) is 25.5. The van der Waals surface area contributed by atoms with Gasteiger partial charge in [-0.05, 0) is 75.3 Å². The van der Waals surface area contributed by atoms with Gasteiger partial charge in [0.15, 0.2) is 12.4 Å². The molecule has 0 saturated heterocycles. The van der Waals surface area contributed by atoms with Crippen molar-refractivity contribution < 1.29 is 74.0 Å². The van der Waals surface area contributed by atoms with Gasteiger partial charge in [0.25, 0.3) is 21.8 Å². The number of halogens is 7. The average molecular weight is 1060 g/mol. The SMILES string of the molecule is CCCCCOC(=O)COc1cc(N2C(=O)C3=C(CCCC3)C2=O)c(F)cc1Cl.COc1c(Cl)ccc(Cl)c1C(=O)O.COc1nc(C)nc(NC(=O)NS(=O)(=O)c2ccccc2CCC(F)(F)F)n1. The van der Waals surface area contributed by atoms with Crippen molar-refractivity contribution in [2.75, 3.05) is 37.7 Å². The molecule has 18 nitrogen and oxygen atoms in total. The zero-order valence-corrected chi connectivity index (χ0v) is 40.8. The van der Waals surface area contributed by atoms with Crippen LogP contribution in [-0.4, -0.2) is 91.9 Å². The summed E-state index contributed by atoms with van der Waals surface area (Å²) in [5.74, 6) is -3.53. The number of esters is 1. The van der Waals surface area contributed by atoms with E-state index in [0.29, 0.717) is 30.6 Å². The number of imide groups is 1. The zero-order chi connectivity index (χ0) is 51.9. The Bertz CT molecular complexity index is 2720. The van der Waals surface area contributed by atoms with Crippen LogP contribution in [0, 0.1) is 12.7 Å². The number of carbonyl (C=O) groups excluding carboxylic acids is 4. The second-order valence-corrected chi connectivity index (χ2v) is 17.7. The lowest BCUT2D eigenvalue weighted by Crippen LogP contribution is -2.35. The van der Waals surface area contributed by atoms with Crippen molar-refractivity contribution in [3.05, 3.63) is 97.5 Å². The van der Waals surface area contributed by atoms with Crippen LogP contribution in [-0.2, 0) is 35.6 Å². The Kier molecular flexibility index (Phi) is 20.5. The molecule has 26 heteroatoms. The van der Waals surface area contributed by atoms with Gasteiger partial charge in [0.2, 0.25) is 5.95 Å². The first-order valence-corrected chi connectivity index (χ1v) is 23.5. The number of sulfonamides is 1. The Morgan fingerprint density at radius 2 is 1.53 bits per heavy atom. The Hall–Kier alpha value is -6.30. The van der Waals surface area contributed by atoms with Crippen molar-refractivity contribution >= 4 is 86.2 Å². The molecule has 6 rings (SSSR count). The number of carboxylic acids is 1. The molecule has 1 aliphatic heterocycles. The summed E-state index contributed by atoms with van der Waals surface area (Å²) in [4.78, 5) is 71.6. The molecule has 2 heterocycles. The van der Waals surface area contributed by atoms with E-state index >= 15 is 0 Å². The third-order valence-corrected chi connectivity index (χ3v) is 12.1. The Labute approximate surface area is 413 Å². The number of carboxylic acid groups (broad SMARTS) is 1. The fourth-order valence-electron chi connectivity index (χ4n) is 6.56. The number of nitrogens with zero attached hydrogens (tertiary/aromatic N) is 4. The number of nitrogens with one attached hydrogen (secondary N) is 2. The quantitative estimate of drug-likeness (QED) is 0.0410. The van der Waals surface area contributed by atoms with Crippen molar-refractivity contribution in [3.63, 3.8) is 0 Å². The van der Waals surface area contributed by atoms with E-state index in [1.54, 1.807) is 4.72 Å². The number of aromatic carboxylic acids is 1. The number of alkyl halides is 3. The maximum atomic E-state index is 14.5. The summed E-state index contributed by atoms with van der Waals surface area (Å²) < 4.78 is 98.6. The lowest BCUT2D eigenvalue weighted by Gasteiger charge is -2.18. The monoisotopic (exact) mass is 1060 g/mol. The summed E-state index contributed by atoms with van der Waals surface area (Å²) in [6.45, 7) is 3.43. The highest BCUT2D eigenvalue weighted by atomic mass is 35.5. The number of unbranched alkanes of at least 4 members (excludes halogenated alkanes) is 2. The van der Waals surface area contributed by atoms with Crippen LogP contribution >= 0.6 is 34.8 Å². The molecule has 1 aliphatic carbocycles. The molecule has 4 amide bonds. The normalized spacial score (nSPS) is 13.3. The van der Waals surface area contributed by atoms with E-state index in [1.165, 1.54) is 57.5 Å². The minimum Gasteiger partial charge on any atom is -0.494 e. The minimum atomic E-state index is -4.45. The van der Waals surface area contributed by atoms with Crippen LogP contribution in [0.2, 0.25) is 15.1 Å². The Morgan fingerprint density at radius 3 is 2.11 bits per heavy atom. The molecule has 0 fully saturated rings. The first-order valence-electron chi connectivity index (χ1n) is 20.9. The fraction of sp³-hybridized carbons (Fsp3) is 0.364. The molecular weight excluding hydrogens is 1020 g/mol. The number of hydrogen-bond donors (Lipinski definition) is 3. The first-order chi connectivity index (χ1) is 33.0. The van der Waals surface area contributed by atoms with Gasteiger partial charge >= 0.3 is 30.2 Å². The van der Waals surface area contributed by atoms with Gasteiger partial charge < -0.3 is 24.1 Å². The van der Waals surface area contributed by atoms with E-state index in [9.17, 15) is 50.0 Å². The Morgan fingerprint density at radius 1 is 0.886 bits per heavy atom. The maximum absolute atomic E-state index is 14.5. The van der Waals surface area contributed by atoms with Gasteiger partial charge in [0, 0.05) is 23.6 Å². The second-order valence-electron chi connectivity index (χ2n) is 14.8. The summed E-state index contributed by atoms with van der Waals surface area (Å²) >= 11 is 17.4. The van der Waals surface area contributed by atoms with Crippen LogP contribution < -0.4 is 29.1 Å². The molecule has 1 aromatic heterocycles. The van der Waals surface area contributed by atoms with Crippen molar-refractivity contribution in [1.29, 1.82) is 0 Å².